The Morgan fingerprint density at radius 2 is 1.89 bits per heavy atom. The highest BCUT2D eigenvalue weighted by atomic mass is 32.1. The molecule has 2 rings (SSSR count). The first kappa shape index (κ1) is 14.1. The Bertz CT molecular complexity index is 533. The van der Waals surface area contributed by atoms with Gasteiger partial charge in [0, 0.05) is 16.3 Å². The minimum absolute atomic E-state index is 0.0569. The van der Waals surface area contributed by atoms with E-state index < -0.39 is 0 Å². The standard InChI is InChI=1S/C16H21NOS/c1-11(2)13-6-4-5-7-14(13)18-15(10-17)16-9-8-12(3)19-16/h4-9,11,15H,10,17H2,1-3H3. The number of nitrogens with two attached hydrogens (primary N) is 1. The van der Waals surface area contributed by atoms with Gasteiger partial charge in [0.15, 0.2) is 0 Å². The molecule has 3 heteroatoms. The van der Waals surface area contributed by atoms with Gasteiger partial charge in [0.25, 0.3) is 0 Å². The van der Waals surface area contributed by atoms with Crippen LogP contribution in [0.25, 0.3) is 0 Å². The fraction of sp³-hybridized carbons (Fsp3) is 0.375. The average Bonchev–Trinajstić information content (AvgIpc) is 2.82. The van der Waals surface area contributed by atoms with Gasteiger partial charge in [0.1, 0.15) is 11.9 Å². The molecule has 0 aliphatic rings. The van der Waals surface area contributed by atoms with E-state index in [4.69, 9.17) is 10.5 Å². The van der Waals surface area contributed by atoms with E-state index in [9.17, 15) is 0 Å². The van der Waals surface area contributed by atoms with E-state index in [2.05, 4.69) is 45.0 Å². The molecule has 1 atom stereocenters. The maximum absolute atomic E-state index is 6.14. The van der Waals surface area contributed by atoms with Gasteiger partial charge in [-0.1, -0.05) is 32.0 Å². The Kier molecular flexibility index (Phi) is 4.61. The highest BCUT2D eigenvalue weighted by Gasteiger charge is 2.16. The average molecular weight is 275 g/mol. The van der Waals surface area contributed by atoms with Gasteiger partial charge in [-0.2, -0.15) is 0 Å². The molecule has 1 aromatic heterocycles. The summed E-state index contributed by atoms with van der Waals surface area (Å²) in [6.45, 7) is 6.94. The van der Waals surface area contributed by atoms with Crippen LogP contribution in [0.5, 0.6) is 5.75 Å². The summed E-state index contributed by atoms with van der Waals surface area (Å²) in [7, 11) is 0. The lowest BCUT2D eigenvalue weighted by molar-refractivity contribution is 0.215. The van der Waals surface area contributed by atoms with E-state index in [1.807, 2.05) is 12.1 Å². The van der Waals surface area contributed by atoms with E-state index in [0.29, 0.717) is 12.5 Å². The number of benzene rings is 1. The molecule has 0 spiro atoms. The van der Waals surface area contributed by atoms with Crippen LogP contribution in [0.4, 0.5) is 0 Å². The maximum atomic E-state index is 6.14. The van der Waals surface area contributed by atoms with Crippen molar-refractivity contribution < 1.29 is 4.74 Å². The summed E-state index contributed by atoms with van der Waals surface area (Å²) >= 11 is 1.75. The SMILES string of the molecule is Cc1ccc(C(CN)Oc2ccccc2C(C)C)s1. The number of hydrogen-bond donors (Lipinski definition) is 1. The zero-order chi connectivity index (χ0) is 13.8. The summed E-state index contributed by atoms with van der Waals surface area (Å²) in [5.74, 6) is 1.39. The van der Waals surface area contributed by atoms with Crippen molar-refractivity contribution in [2.24, 2.45) is 5.73 Å². The molecule has 0 saturated heterocycles. The van der Waals surface area contributed by atoms with Crippen LogP contribution in [-0.4, -0.2) is 6.54 Å². The lowest BCUT2D eigenvalue weighted by Crippen LogP contribution is -2.18. The van der Waals surface area contributed by atoms with Crippen molar-refractivity contribution in [3.8, 4) is 5.75 Å². The van der Waals surface area contributed by atoms with E-state index >= 15 is 0 Å². The van der Waals surface area contributed by atoms with Gasteiger partial charge in [0.05, 0.1) is 0 Å². The molecule has 0 fully saturated rings. The molecule has 19 heavy (non-hydrogen) atoms. The largest absolute Gasteiger partial charge is 0.483 e. The molecule has 1 heterocycles. The second-order valence-corrected chi connectivity index (χ2v) is 6.30. The van der Waals surface area contributed by atoms with Gasteiger partial charge in [-0.15, -0.1) is 11.3 Å². The van der Waals surface area contributed by atoms with Crippen LogP contribution in [0.15, 0.2) is 36.4 Å². The number of hydrogen-bond acceptors (Lipinski definition) is 3. The van der Waals surface area contributed by atoms with Crippen molar-refractivity contribution in [2.45, 2.75) is 32.8 Å². The zero-order valence-electron chi connectivity index (χ0n) is 11.7. The molecule has 0 aliphatic heterocycles. The Morgan fingerprint density at radius 1 is 1.16 bits per heavy atom. The number of aryl methyl sites for hydroxylation is 1. The van der Waals surface area contributed by atoms with Crippen LogP contribution < -0.4 is 10.5 Å². The molecule has 0 saturated carbocycles. The lowest BCUT2D eigenvalue weighted by Gasteiger charge is -2.20. The molecule has 102 valence electrons. The fourth-order valence-electron chi connectivity index (χ4n) is 2.07. The van der Waals surface area contributed by atoms with Gasteiger partial charge in [-0.3, -0.25) is 0 Å². The Balaban J connectivity index is 2.23. The van der Waals surface area contributed by atoms with Crippen LogP contribution in [0, 0.1) is 6.92 Å². The summed E-state index contributed by atoms with van der Waals surface area (Å²) in [6.07, 6.45) is -0.0569. The van der Waals surface area contributed by atoms with E-state index in [-0.39, 0.29) is 6.10 Å². The summed E-state index contributed by atoms with van der Waals surface area (Å²) in [5, 5.41) is 0. The molecule has 2 nitrogen and oxygen atoms in total. The van der Waals surface area contributed by atoms with Crippen LogP contribution >= 0.6 is 11.3 Å². The fourth-order valence-corrected chi connectivity index (χ4v) is 2.99. The predicted octanol–water partition coefficient (Wildman–Crippen LogP) is 4.26. The van der Waals surface area contributed by atoms with Gasteiger partial charge >= 0.3 is 0 Å². The Hall–Kier alpha value is -1.32. The monoisotopic (exact) mass is 275 g/mol. The van der Waals surface area contributed by atoms with E-state index in [1.165, 1.54) is 15.3 Å². The van der Waals surface area contributed by atoms with E-state index in [1.54, 1.807) is 11.3 Å². The lowest BCUT2D eigenvalue weighted by atomic mass is 10.0. The summed E-state index contributed by atoms with van der Waals surface area (Å²) in [4.78, 5) is 2.48. The van der Waals surface area contributed by atoms with Gasteiger partial charge < -0.3 is 10.5 Å². The van der Waals surface area contributed by atoms with Crippen molar-refractivity contribution in [1.82, 2.24) is 0 Å². The Morgan fingerprint density at radius 3 is 2.47 bits per heavy atom. The highest BCUT2D eigenvalue weighted by molar-refractivity contribution is 7.12. The van der Waals surface area contributed by atoms with Crippen LogP contribution in [-0.2, 0) is 0 Å². The van der Waals surface area contributed by atoms with Crippen LogP contribution in [0.3, 0.4) is 0 Å². The first-order chi connectivity index (χ1) is 9.11. The Labute approximate surface area is 119 Å². The minimum atomic E-state index is -0.0569. The smallest absolute Gasteiger partial charge is 0.145 e. The minimum Gasteiger partial charge on any atom is -0.483 e. The molecule has 1 unspecified atom stereocenters. The van der Waals surface area contributed by atoms with Crippen molar-refractivity contribution in [1.29, 1.82) is 0 Å². The number of para-hydroxylation sites is 1. The topological polar surface area (TPSA) is 35.2 Å². The van der Waals surface area contributed by atoms with Crippen LogP contribution in [0.2, 0.25) is 0 Å². The summed E-state index contributed by atoms with van der Waals surface area (Å²) in [5.41, 5.74) is 7.10. The molecular formula is C16H21NOS. The second kappa shape index (κ2) is 6.22. The molecule has 2 N–H and O–H groups in total. The molecule has 0 amide bonds. The molecule has 0 aliphatic carbocycles. The number of ether oxygens (including phenoxy) is 1. The third kappa shape index (κ3) is 3.37. The van der Waals surface area contributed by atoms with Crippen molar-refractivity contribution in [3.63, 3.8) is 0 Å². The van der Waals surface area contributed by atoms with Crippen molar-refractivity contribution in [3.05, 3.63) is 51.7 Å². The summed E-state index contributed by atoms with van der Waals surface area (Å²) < 4.78 is 6.14. The van der Waals surface area contributed by atoms with Crippen LogP contribution in [0.1, 0.15) is 41.2 Å². The predicted molar refractivity (Wildman–Crippen MR) is 82.0 cm³/mol. The quantitative estimate of drug-likeness (QED) is 0.885. The van der Waals surface area contributed by atoms with Gasteiger partial charge in [-0.05, 0) is 36.6 Å². The zero-order valence-corrected chi connectivity index (χ0v) is 12.5. The molecule has 0 radical (unpaired) electrons. The summed E-state index contributed by atoms with van der Waals surface area (Å²) in [6, 6.07) is 12.4. The molecule has 2 aromatic rings. The molecule has 0 bridgehead atoms. The third-order valence-electron chi connectivity index (χ3n) is 3.10. The van der Waals surface area contributed by atoms with Crippen molar-refractivity contribution >= 4 is 11.3 Å². The van der Waals surface area contributed by atoms with E-state index in [0.717, 1.165) is 5.75 Å². The normalized spacial score (nSPS) is 12.7. The highest BCUT2D eigenvalue weighted by Crippen LogP contribution is 2.31. The second-order valence-electron chi connectivity index (χ2n) is 4.98. The first-order valence-electron chi connectivity index (χ1n) is 6.63. The first-order valence-corrected chi connectivity index (χ1v) is 7.45. The maximum Gasteiger partial charge on any atom is 0.145 e. The molecule has 1 aromatic carbocycles. The number of rotatable bonds is 5. The van der Waals surface area contributed by atoms with Gasteiger partial charge in [-0.25, -0.2) is 0 Å². The number of thiophene rings is 1. The molecular weight excluding hydrogens is 254 g/mol. The van der Waals surface area contributed by atoms with Crippen molar-refractivity contribution in [2.75, 3.05) is 6.54 Å². The van der Waals surface area contributed by atoms with Gasteiger partial charge in [0.2, 0.25) is 0 Å². The third-order valence-corrected chi connectivity index (χ3v) is 4.20.